The van der Waals surface area contributed by atoms with E-state index in [0.29, 0.717) is 5.82 Å². The van der Waals surface area contributed by atoms with E-state index in [9.17, 15) is 0 Å². The summed E-state index contributed by atoms with van der Waals surface area (Å²) in [4.78, 5) is 5.92. The van der Waals surface area contributed by atoms with E-state index in [0.717, 1.165) is 34.8 Å². The molecule has 1 fully saturated rings. The third kappa shape index (κ3) is 3.71. The summed E-state index contributed by atoms with van der Waals surface area (Å²) in [5.41, 5.74) is 10.7. The van der Waals surface area contributed by atoms with E-state index >= 15 is 0 Å². The molecule has 0 bridgehead atoms. The highest BCUT2D eigenvalue weighted by Crippen LogP contribution is 2.29. The van der Waals surface area contributed by atoms with Crippen molar-refractivity contribution in [1.29, 1.82) is 0 Å². The second kappa shape index (κ2) is 7.68. The zero-order valence-electron chi connectivity index (χ0n) is 15.1. The first-order valence-corrected chi connectivity index (χ1v) is 10.1. The number of H-pyrrole nitrogens is 1. The number of rotatable bonds is 5. The third-order valence-corrected chi connectivity index (χ3v) is 6.00. The van der Waals surface area contributed by atoms with E-state index in [1.807, 2.05) is 12.1 Å². The third-order valence-electron chi connectivity index (χ3n) is 5.20. The average molecular weight is 368 g/mol. The Labute approximate surface area is 158 Å². The predicted octanol–water partition coefficient (Wildman–Crippen LogP) is 4.69. The van der Waals surface area contributed by atoms with Crippen molar-refractivity contribution in [2.24, 2.45) is 5.92 Å². The summed E-state index contributed by atoms with van der Waals surface area (Å²) in [5, 5.41) is 6.91. The number of fused-ring (bicyclic) bond motifs is 1. The van der Waals surface area contributed by atoms with Crippen LogP contribution in [0.4, 0.5) is 5.82 Å². The molecule has 0 radical (unpaired) electrons. The van der Waals surface area contributed by atoms with E-state index in [2.05, 4.69) is 45.0 Å². The number of pyridine rings is 1. The molecule has 0 spiro atoms. The summed E-state index contributed by atoms with van der Waals surface area (Å²) < 4.78 is 3.56. The maximum atomic E-state index is 5.89. The minimum Gasteiger partial charge on any atom is -0.380 e. The van der Waals surface area contributed by atoms with Crippen molar-refractivity contribution in [3.8, 4) is 11.3 Å². The van der Waals surface area contributed by atoms with Crippen LogP contribution in [-0.2, 0) is 0 Å². The van der Waals surface area contributed by atoms with Crippen molar-refractivity contribution in [3.63, 3.8) is 0 Å². The van der Waals surface area contributed by atoms with Gasteiger partial charge in [0.2, 0.25) is 0 Å². The topological polar surface area (TPSA) is 79.6 Å². The van der Waals surface area contributed by atoms with Crippen molar-refractivity contribution in [1.82, 2.24) is 19.9 Å². The van der Waals surface area contributed by atoms with Gasteiger partial charge in [-0.05, 0) is 67.5 Å². The molecule has 0 amide bonds. The molecule has 2 heterocycles. The number of aromatic nitrogens is 3. The molecular weight excluding hydrogens is 342 g/mol. The fraction of sp³-hybridized carbons (Fsp3) is 0.400. The Balaban J connectivity index is 1.45. The molecule has 4 N–H and O–H groups in total. The minimum absolute atomic E-state index is 0.443. The quantitative estimate of drug-likeness (QED) is 0.570. The van der Waals surface area contributed by atoms with Gasteiger partial charge in [-0.3, -0.25) is 9.82 Å². The number of nitrogens with zero attached hydrogens (tertiary/aromatic N) is 2. The van der Waals surface area contributed by atoms with E-state index in [1.54, 1.807) is 11.9 Å². The average Bonchev–Trinajstić information content (AvgIpc) is 3.03. The van der Waals surface area contributed by atoms with Crippen molar-refractivity contribution in [3.05, 3.63) is 35.9 Å². The molecule has 4 rings (SSSR count). The molecule has 1 aromatic carbocycles. The van der Waals surface area contributed by atoms with Crippen LogP contribution in [-0.4, -0.2) is 21.7 Å². The van der Waals surface area contributed by atoms with Gasteiger partial charge in [0, 0.05) is 17.0 Å². The van der Waals surface area contributed by atoms with Gasteiger partial charge in [0.25, 0.3) is 0 Å². The van der Waals surface area contributed by atoms with Crippen molar-refractivity contribution < 1.29 is 0 Å². The van der Waals surface area contributed by atoms with E-state index in [-0.39, 0.29) is 0 Å². The summed E-state index contributed by atoms with van der Waals surface area (Å²) in [5.74, 6) is 1.28. The monoisotopic (exact) mass is 367 g/mol. The van der Waals surface area contributed by atoms with Gasteiger partial charge in [-0.1, -0.05) is 25.3 Å². The van der Waals surface area contributed by atoms with E-state index in [1.165, 1.54) is 42.6 Å². The molecule has 0 atom stereocenters. The first kappa shape index (κ1) is 17.4. The van der Waals surface area contributed by atoms with Crippen molar-refractivity contribution in [2.45, 2.75) is 43.9 Å². The van der Waals surface area contributed by atoms with Gasteiger partial charge in [0.1, 0.15) is 5.52 Å². The van der Waals surface area contributed by atoms with Gasteiger partial charge in [-0.15, -0.1) is 0 Å². The number of aromatic amines is 1. The number of nitrogens with one attached hydrogen (secondary N) is 2. The van der Waals surface area contributed by atoms with Crippen LogP contribution in [0.5, 0.6) is 0 Å². The lowest BCUT2D eigenvalue weighted by Gasteiger charge is -2.21. The maximum absolute atomic E-state index is 5.89. The van der Waals surface area contributed by atoms with Gasteiger partial charge in [0.05, 0.1) is 11.2 Å². The first-order valence-electron chi connectivity index (χ1n) is 9.32. The van der Waals surface area contributed by atoms with E-state index in [4.69, 9.17) is 5.73 Å². The summed E-state index contributed by atoms with van der Waals surface area (Å²) in [6.45, 7) is 3.23. The van der Waals surface area contributed by atoms with Crippen LogP contribution in [0.3, 0.4) is 0 Å². The van der Waals surface area contributed by atoms with Crippen LogP contribution in [0.1, 0.15) is 37.7 Å². The Hall–Kier alpha value is -2.05. The van der Waals surface area contributed by atoms with Crippen LogP contribution in [0.2, 0.25) is 0 Å². The summed E-state index contributed by atoms with van der Waals surface area (Å²) >= 11 is 1.73. The number of anilines is 1. The molecule has 5 nitrogen and oxygen atoms in total. The molecule has 1 saturated carbocycles. The van der Waals surface area contributed by atoms with Crippen LogP contribution >= 0.6 is 11.9 Å². The molecule has 1 aliphatic rings. The first-order chi connectivity index (χ1) is 12.7. The zero-order chi connectivity index (χ0) is 17.9. The Morgan fingerprint density at radius 2 is 2.04 bits per heavy atom. The summed E-state index contributed by atoms with van der Waals surface area (Å²) in [6.07, 6.45) is 6.94. The number of nitrogens with two attached hydrogens (primary N) is 1. The lowest BCUT2D eigenvalue weighted by molar-refractivity contribution is 0.360. The molecule has 26 heavy (non-hydrogen) atoms. The largest absolute Gasteiger partial charge is 0.380 e. The molecule has 0 unspecified atom stereocenters. The Morgan fingerprint density at radius 3 is 2.85 bits per heavy atom. The van der Waals surface area contributed by atoms with Crippen LogP contribution in [0, 0.1) is 12.8 Å². The molecule has 3 aromatic rings. The van der Waals surface area contributed by atoms with Gasteiger partial charge < -0.3 is 5.73 Å². The number of aryl methyl sites for hydroxylation is 1. The second-order valence-electron chi connectivity index (χ2n) is 7.13. The molecule has 0 aliphatic heterocycles. The number of nitrogen functional groups attached to an aromatic ring is 1. The fourth-order valence-corrected chi connectivity index (χ4v) is 4.55. The highest BCUT2D eigenvalue weighted by atomic mass is 32.2. The molecule has 6 heteroatoms. The normalized spacial score (nSPS) is 15.6. The van der Waals surface area contributed by atoms with Gasteiger partial charge in [0.15, 0.2) is 5.82 Å². The SMILES string of the molecule is Cc1cc(SNCC2CCCCC2)ccc1-c1ccc2[nH]nc(N)c2n1. The van der Waals surface area contributed by atoms with Crippen molar-refractivity contribution in [2.75, 3.05) is 12.3 Å². The molecule has 1 aliphatic carbocycles. The minimum atomic E-state index is 0.443. The highest BCUT2D eigenvalue weighted by Gasteiger charge is 2.13. The highest BCUT2D eigenvalue weighted by molar-refractivity contribution is 7.97. The molecule has 136 valence electrons. The van der Waals surface area contributed by atoms with Crippen LogP contribution < -0.4 is 10.5 Å². The summed E-state index contributed by atoms with van der Waals surface area (Å²) in [6, 6.07) is 10.5. The van der Waals surface area contributed by atoms with Gasteiger partial charge >= 0.3 is 0 Å². The zero-order valence-corrected chi connectivity index (χ0v) is 15.9. The predicted molar refractivity (Wildman–Crippen MR) is 109 cm³/mol. The number of hydrogen-bond donors (Lipinski definition) is 3. The maximum Gasteiger partial charge on any atom is 0.171 e. The summed E-state index contributed by atoms with van der Waals surface area (Å²) in [7, 11) is 0. The Kier molecular flexibility index (Phi) is 5.13. The Bertz CT molecular complexity index is 898. The molecule has 0 saturated heterocycles. The lowest BCUT2D eigenvalue weighted by atomic mass is 9.90. The molecular formula is C20H25N5S. The van der Waals surface area contributed by atoms with Crippen molar-refractivity contribution >= 4 is 28.8 Å². The smallest absolute Gasteiger partial charge is 0.171 e. The van der Waals surface area contributed by atoms with Gasteiger partial charge in [-0.2, -0.15) is 5.10 Å². The van der Waals surface area contributed by atoms with E-state index < -0.39 is 0 Å². The second-order valence-corrected chi connectivity index (χ2v) is 8.10. The van der Waals surface area contributed by atoms with Crippen LogP contribution in [0.25, 0.3) is 22.3 Å². The standard InChI is InChI=1S/C20H25N5S/c1-13-11-15(26-22-12-14-5-3-2-4-6-14)7-8-16(13)17-9-10-18-19(23-17)20(21)25-24-18/h7-11,14,22H,2-6,12H2,1H3,(H3,21,24,25). The van der Waals surface area contributed by atoms with Gasteiger partial charge in [-0.25, -0.2) is 4.98 Å². The molecule has 2 aromatic heterocycles. The fourth-order valence-electron chi connectivity index (χ4n) is 3.69. The Morgan fingerprint density at radius 1 is 1.19 bits per heavy atom. The number of benzene rings is 1. The lowest BCUT2D eigenvalue weighted by Crippen LogP contribution is -2.19. The number of hydrogen-bond acceptors (Lipinski definition) is 5. The van der Waals surface area contributed by atoms with Crippen LogP contribution in [0.15, 0.2) is 35.2 Å².